The average molecular weight is 234 g/mol. The van der Waals surface area contributed by atoms with Gasteiger partial charge < -0.3 is 16.3 Å². The predicted octanol–water partition coefficient (Wildman–Crippen LogP) is 0.879. The van der Waals surface area contributed by atoms with E-state index in [-0.39, 0.29) is 6.61 Å². The number of hydrogen-bond acceptors (Lipinski definition) is 4. The van der Waals surface area contributed by atoms with Crippen molar-refractivity contribution in [3.05, 3.63) is 54.4 Å². The number of hydrogen-bond donors (Lipinski definition) is 2. The molecule has 6 heteroatoms. The van der Waals surface area contributed by atoms with E-state index >= 15 is 0 Å². The molecule has 4 N–H and O–H groups in total. The molecule has 0 radical (unpaired) electrons. The van der Waals surface area contributed by atoms with Crippen LogP contribution in [0.5, 0.6) is 0 Å². The van der Waals surface area contributed by atoms with E-state index in [0.717, 1.165) is 5.56 Å². The molecule has 6 nitrogen and oxygen atoms in total. The van der Waals surface area contributed by atoms with Gasteiger partial charge in [-0.3, -0.25) is 0 Å². The second kappa shape index (κ2) is 6.89. The van der Waals surface area contributed by atoms with Crippen molar-refractivity contribution in [3.63, 3.8) is 0 Å². The first-order chi connectivity index (χ1) is 8.18. The Labute approximate surface area is 98.8 Å². The predicted molar refractivity (Wildman–Crippen MR) is 63.2 cm³/mol. The molecule has 2 rings (SSSR count). The summed E-state index contributed by atoms with van der Waals surface area (Å²) in [6.45, 7) is 0.246. The smallest absolute Gasteiger partial charge is 0.404 e. The molecule has 2 aromatic rings. The molecule has 1 aromatic heterocycles. The molecule has 0 aliphatic heterocycles. The van der Waals surface area contributed by atoms with Gasteiger partial charge in [0, 0.05) is 6.20 Å². The lowest BCUT2D eigenvalue weighted by Crippen LogP contribution is -2.12. The third-order valence-electron chi connectivity index (χ3n) is 1.75. The normalized spacial score (nSPS) is 8.94. The Balaban J connectivity index is 0.000000202. The lowest BCUT2D eigenvalue weighted by molar-refractivity contribution is 0.150. The Morgan fingerprint density at radius 1 is 1.29 bits per heavy atom. The minimum Gasteiger partial charge on any atom is -0.445 e. The number of carbonyl (C=O) groups excluding carboxylic acids is 1. The maximum absolute atomic E-state index is 10.2. The lowest BCUT2D eigenvalue weighted by Gasteiger charge is -1.99. The van der Waals surface area contributed by atoms with Crippen LogP contribution >= 0.6 is 0 Å². The van der Waals surface area contributed by atoms with Crippen LogP contribution in [0.25, 0.3) is 0 Å². The molecular weight excluding hydrogens is 220 g/mol. The molecule has 1 amide bonds. The highest BCUT2D eigenvalue weighted by Crippen LogP contribution is 1.99. The highest BCUT2D eigenvalue weighted by Gasteiger charge is 1.93. The summed E-state index contributed by atoms with van der Waals surface area (Å²) in [5, 5.41) is 3.61. The second-order valence-electron chi connectivity index (χ2n) is 3.08. The maximum atomic E-state index is 10.2. The zero-order valence-electron chi connectivity index (χ0n) is 9.19. The van der Waals surface area contributed by atoms with Crippen LogP contribution in [0.15, 0.2) is 48.8 Å². The molecular formula is C11H14N4O2. The third-order valence-corrected chi connectivity index (χ3v) is 1.75. The molecule has 0 aliphatic carbocycles. The number of rotatable bonds is 2. The number of aromatic nitrogens is 2. The number of amides is 1. The Morgan fingerprint density at radius 3 is 2.41 bits per heavy atom. The fourth-order valence-corrected chi connectivity index (χ4v) is 1.01. The van der Waals surface area contributed by atoms with Crippen LogP contribution in [0, 0.1) is 0 Å². The highest BCUT2D eigenvalue weighted by atomic mass is 16.5. The zero-order chi connectivity index (χ0) is 12.5. The van der Waals surface area contributed by atoms with Crippen LogP contribution in [-0.4, -0.2) is 16.0 Å². The average Bonchev–Trinajstić information content (AvgIpc) is 2.80. The molecule has 0 unspecified atom stereocenters. The van der Waals surface area contributed by atoms with Crippen LogP contribution < -0.4 is 11.6 Å². The molecule has 0 saturated carbocycles. The van der Waals surface area contributed by atoms with E-state index in [4.69, 9.17) is 11.6 Å². The number of carbonyl (C=O) groups is 1. The largest absolute Gasteiger partial charge is 0.445 e. The van der Waals surface area contributed by atoms with E-state index < -0.39 is 6.09 Å². The van der Waals surface area contributed by atoms with Crippen molar-refractivity contribution in [3.8, 4) is 0 Å². The van der Waals surface area contributed by atoms with Gasteiger partial charge in [-0.15, -0.1) is 0 Å². The lowest BCUT2D eigenvalue weighted by atomic mass is 10.2. The van der Waals surface area contributed by atoms with Gasteiger partial charge in [0.05, 0.1) is 6.20 Å². The number of nitrogens with two attached hydrogens (primary N) is 2. The van der Waals surface area contributed by atoms with Crippen molar-refractivity contribution in [2.75, 3.05) is 5.84 Å². The van der Waals surface area contributed by atoms with Crippen molar-refractivity contribution in [1.29, 1.82) is 0 Å². The number of nitrogen functional groups attached to an aromatic ring is 1. The Bertz CT molecular complexity index is 428. The first kappa shape index (κ1) is 12.6. The van der Waals surface area contributed by atoms with Crippen molar-refractivity contribution in [1.82, 2.24) is 9.89 Å². The van der Waals surface area contributed by atoms with Crippen molar-refractivity contribution >= 4 is 6.09 Å². The summed E-state index contributed by atoms with van der Waals surface area (Å²) in [5.74, 6) is 5.08. The maximum Gasteiger partial charge on any atom is 0.404 e. The van der Waals surface area contributed by atoms with Gasteiger partial charge in [-0.25, -0.2) is 4.79 Å². The molecule has 0 atom stereocenters. The number of ether oxygens (including phenoxy) is 1. The van der Waals surface area contributed by atoms with Gasteiger partial charge in [0.1, 0.15) is 6.61 Å². The van der Waals surface area contributed by atoms with Gasteiger partial charge >= 0.3 is 6.09 Å². The first-order valence-corrected chi connectivity index (χ1v) is 4.89. The van der Waals surface area contributed by atoms with Crippen molar-refractivity contribution in [2.24, 2.45) is 5.73 Å². The Morgan fingerprint density at radius 2 is 2.00 bits per heavy atom. The van der Waals surface area contributed by atoms with E-state index in [1.165, 1.54) is 4.79 Å². The summed E-state index contributed by atoms with van der Waals surface area (Å²) in [6.07, 6.45) is 2.55. The molecule has 0 bridgehead atoms. The van der Waals surface area contributed by atoms with E-state index in [0.29, 0.717) is 0 Å². The number of benzene rings is 1. The molecule has 1 aromatic carbocycles. The molecule has 90 valence electrons. The minimum atomic E-state index is -0.742. The van der Waals surface area contributed by atoms with E-state index in [2.05, 4.69) is 9.84 Å². The van der Waals surface area contributed by atoms with Crippen LogP contribution in [-0.2, 0) is 11.3 Å². The minimum absolute atomic E-state index is 0.246. The van der Waals surface area contributed by atoms with Crippen molar-refractivity contribution in [2.45, 2.75) is 6.61 Å². The summed E-state index contributed by atoms with van der Waals surface area (Å²) in [7, 11) is 0. The van der Waals surface area contributed by atoms with Gasteiger partial charge in [0.2, 0.25) is 0 Å². The Hall–Kier alpha value is -2.50. The summed E-state index contributed by atoms with van der Waals surface area (Å²) >= 11 is 0. The third kappa shape index (κ3) is 5.83. The van der Waals surface area contributed by atoms with E-state index in [9.17, 15) is 4.79 Å². The van der Waals surface area contributed by atoms with Gasteiger partial charge in [-0.1, -0.05) is 30.3 Å². The monoisotopic (exact) mass is 234 g/mol. The number of primary amides is 1. The molecule has 17 heavy (non-hydrogen) atoms. The summed E-state index contributed by atoms with van der Waals surface area (Å²) < 4.78 is 4.57. The quantitative estimate of drug-likeness (QED) is 0.754. The number of nitrogens with zero attached hydrogens (tertiary/aromatic N) is 2. The standard InChI is InChI=1S/C8H9NO2.C3H5N3/c9-8(10)11-6-7-4-2-1-3-5-7;4-6-3-1-2-5-6/h1-5H,6H2,(H2,9,10);1-3H,4H2. The SMILES string of the molecule is NC(=O)OCc1ccccc1.Nn1cccn1. The van der Waals surface area contributed by atoms with Gasteiger partial charge in [0.25, 0.3) is 0 Å². The van der Waals surface area contributed by atoms with Crippen LogP contribution in [0.2, 0.25) is 0 Å². The zero-order valence-corrected chi connectivity index (χ0v) is 9.19. The fraction of sp³-hybridized carbons (Fsp3) is 0.0909. The van der Waals surface area contributed by atoms with Crippen LogP contribution in [0.3, 0.4) is 0 Å². The second-order valence-corrected chi connectivity index (χ2v) is 3.08. The molecule has 0 saturated heterocycles. The van der Waals surface area contributed by atoms with Gasteiger partial charge in [0.15, 0.2) is 0 Å². The van der Waals surface area contributed by atoms with Crippen LogP contribution in [0.4, 0.5) is 4.79 Å². The van der Waals surface area contributed by atoms with Crippen molar-refractivity contribution < 1.29 is 9.53 Å². The molecule has 0 aliphatic rings. The van der Waals surface area contributed by atoms with Gasteiger partial charge in [-0.05, 0) is 11.6 Å². The molecule has 0 fully saturated rings. The summed E-state index contributed by atoms with van der Waals surface area (Å²) in [4.78, 5) is 11.4. The first-order valence-electron chi connectivity index (χ1n) is 4.89. The van der Waals surface area contributed by atoms with Crippen LogP contribution in [0.1, 0.15) is 5.56 Å². The van der Waals surface area contributed by atoms with Gasteiger partial charge in [-0.2, -0.15) is 9.89 Å². The topological polar surface area (TPSA) is 96.2 Å². The van der Waals surface area contributed by atoms with E-state index in [1.54, 1.807) is 18.5 Å². The molecule has 1 heterocycles. The highest BCUT2D eigenvalue weighted by molar-refractivity contribution is 5.64. The van der Waals surface area contributed by atoms with E-state index in [1.807, 2.05) is 30.3 Å². The fourth-order valence-electron chi connectivity index (χ4n) is 1.01. The Kier molecular flexibility index (Phi) is 5.09. The molecule has 0 spiro atoms. The summed E-state index contributed by atoms with van der Waals surface area (Å²) in [5.41, 5.74) is 5.72. The summed E-state index contributed by atoms with van der Waals surface area (Å²) in [6, 6.07) is 11.1.